The van der Waals surface area contributed by atoms with Crippen LogP contribution in [0.3, 0.4) is 0 Å². The first-order chi connectivity index (χ1) is 9.60. The number of thiophene rings is 1. The average Bonchev–Trinajstić information content (AvgIpc) is 2.94. The van der Waals surface area contributed by atoms with Crippen molar-refractivity contribution < 1.29 is 4.42 Å². The van der Waals surface area contributed by atoms with Crippen molar-refractivity contribution in [2.75, 3.05) is 12.8 Å². The fraction of sp³-hybridized carbons (Fsp3) is 0.214. The van der Waals surface area contributed by atoms with Gasteiger partial charge < -0.3 is 10.2 Å². The number of nitrogens with two attached hydrogens (primary N) is 1. The molecule has 3 rings (SSSR count). The van der Waals surface area contributed by atoms with E-state index in [2.05, 4.69) is 44.3 Å². The number of nitrogens with zero attached hydrogens (tertiary/aromatic N) is 2. The third-order valence-corrected chi connectivity index (χ3v) is 4.49. The first-order valence-corrected chi connectivity index (χ1v) is 7.84. The normalized spacial score (nSPS) is 11.6. The number of hydrogen-bond acceptors (Lipinski definition) is 5. The predicted molar refractivity (Wildman–Crippen MR) is 85.6 cm³/mol. The molecule has 2 heterocycles. The highest BCUT2D eigenvalue weighted by molar-refractivity contribution is 9.11. The number of nitrogen functional groups attached to an aromatic ring is 1. The minimum absolute atomic E-state index is 0.669. The highest BCUT2D eigenvalue weighted by Gasteiger charge is 2.10. The summed E-state index contributed by atoms with van der Waals surface area (Å²) < 4.78 is 6.87. The van der Waals surface area contributed by atoms with Crippen LogP contribution in [0.2, 0.25) is 0 Å². The van der Waals surface area contributed by atoms with E-state index in [-0.39, 0.29) is 0 Å². The van der Waals surface area contributed by atoms with Crippen LogP contribution in [0.5, 0.6) is 0 Å². The number of aromatic nitrogens is 1. The van der Waals surface area contributed by atoms with E-state index < -0.39 is 0 Å². The lowest BCUT2D eigenvalue weighted by Crippen LogP contribution is -2.16. The molecule has 6 heteroatoms. The van der Waals surface area contributed by atoms with Gasteiger partial charge in [0.1, 0.15) is 5.52 Å². The van der Waals surface area contributed by atoms with Crippen molar-refractivity contribution in [3.05, 3.63) is 44.9 Å². The lowest BCUT2D eigenvalue weighted by atomic mass is 10.3. The van der Waals surface area contributed by atoms with Gasteiger partial charge in [-0.3, -0.25) is 4.90 Å². The van der Waals surface area contributed by atoms with Crippen LogP contribution in [0.1, 0.15) is 11.5 Å². The zero-order valence-electron chi connectivity index (χ0n) is 11.0. The lowest BCUT2D eigenvalue weighted by Gasteiger charge is -2.12. The number of benzene rings is 1. The molecule has 1 aromatic carbocycles. The van der Waals surface area contributed by atoms with Gasteiger partial charge in [0.15, 0.2) is 5.58 Å². The fourth-order valence-corrected chi connectivity index (χ4v) is 3.28. The minimum Gasteiger partial charge on any atom is -0.439 e. The second kappa shape index (κ2) is 5.55. The van der Waals surface area contributed by atoms with E-state index >= 15 is 0 Å². The van der Waals surface area contributed by atoms with Gasteiger partial charge in [-0.15, -0.1) is 11.3 Å². The third-order valence-electron chi connectivity index (χ3n) is 2.94. The van der Waals surface area contributed by atoms with Crippen molar-refractivity contribution in [1.82, 2.24) is 9.88 Å². The van der Waals surface area contributed by atoms with Crippen LogP contribution in [-0.4, -0.2) is 16.9 Å². The molecule has 0 radical (unpaired) electrons. The first kappa shape index (κ1) is 13.6. The molecule has 0 spiro atoms. The Morgan fingerprint density at radius 3 is 2.95 bits per heavy atom. The molecule has 20 heavy (non-hydrogen) atoms. The zero-order chi connectivity index (χ0) is 14.1. The fourth-order valence-electron chi connectivity index (χ4n) is 2.08. The largest absolute Gasteiger partial charge is 0.439 e. The molecule has 2 aromatic heterocycles. The van der Waals surface area contributed by atoms with Crippen molar-refractivity contribution in [1.29, 1.82) is 0 Å². The van der Waals surface area contributed by atoms with Crippen LogP contribution in [0.4, 0.5) is 5.69 Å². The summed E-state index contributed by atoms with van der Waals surface area (Å²) in [7, 11) is 2.05. The molecule has 2 N–H and O–H groups in total. The standard InChI is InChI=1S/C14H14BrN3OS/c1-18(6-9-4-13(15)20-8-9)7-14-17-11-3-2-10(16)5-12(11)19-14/h2-5,8H,6-7,16H2,1H3. The molecule has 104 valence electrons. The number of halogens is 1. The quantitative estimate of drug-likeness (QED) is 0.725. The smallest absolute Gasteiger partial charge is 0.209 e. The van der Waals surface area contributed by atoms with Crippen molar-refractivity contribution in [3.63, 3.8) is 0 Å². The topological polar surface area (TPSA) is 55.3 Å². The molecule has 0 fully saturated rings. The van der Waals surface area contributed by atoms with Crippen molar-refractivity contribution >= 4 is 44.1 Å². The van der Waals surface area contributed by atoms with Crippen LogP contribution in [0, 0.1) is 0 Å². The summed E-state index contributed by atoms with van der Waals surface area (Å²) in [4.78, 5) is 6.64. The molecule has 0 atom stereocenters. The Morgan fingerprint density at radius 1 is 1.35 bits per heavy atom. The van der Waals surface area contributed by atoms with Gasteiger partial charge in [-0.25, -0.2) is 4.98 Å². The number of rotatable bonds is 4. The van der Waals surface area contributed by atoms with Crippen molar-refractivity contribution in [2.45, 2.75) is 13.1 Å². The average molecular weight is 352 g/mol. The third kappa shape index (κ3) is 3.03. The summed E-state index contributed by atoms with van der Waals surface area (Å²) in [5.41, 5.74) is 9.30. The van der Waals surface area contributed by atoms with Crippen molar-refractivity contribution in [3.8, 4) is 0 Å². The predicted octanol–water partition coefficient (Wildman–Crippen LogP) is 3.87. The first-order valence-electron chi connectivity index (χ1n) is 6.16. The van der Waals surface area contributed by atoms with Gasteiger partial charge in [0.2, 0.25) is 5.89 Å². The Hall–Kier alpha value is -1.37. The summed E-state index contributed by atoms with van der Waals surface area (Å²) in [5.74, 6) is 0.711. The van der Waals surface area contributed by atoms with Gasteiger partial charge in [-0.2, -0.15) is 0 Å². The lowest BCUT2D eigenvalue weighted by molar-refractivity contribution is 0.285. The summed E-state index contributed by atoms with van der Waals surface area (Å²) in [5, 5.41) is 2.15. The van der Waals surface area contributed by atoms with E-state index in [0.29, 0.717) is 18.1 Å². The Kier molecular flexibility index (Phi) is 3.78. The molecule has 0 saturated heterocycles. The molecule has 0 bridgehead atoms. The Labute approximate surface area is 129 Å². The van der Waals surface area contributed by atoms with Gasteiger partial charge in [0, 0.05) is 18.3 Å². The number of hydrogen-bond donors (Lipinski definition) is 1. The van der Waals surface area contributed by atoms with Crippen LogP contribution in [-0.2, 0) is 13.1 Å². The molecule has 3 aromatic rings. The van der Waals surface area contributed by atoms with E-state index in [1.165, 1.54) is 5.56 Å². The molecule has 4 nitrogen and oxygen atoms in total. The molecule has 0 saturated carbocycles. The Morgan fingerprint density at radius 2 is 2.20 bits per heavy atom. The summed E-state index contributed by atoms with van der Waals surface area (Å²) in [6.07, 6.45) is 0. The molecular formula is C14H14BrN3OS. The SMILES string of the molecule is CN(Cc1csc(Br)c1)Cc1nc2ccc(N)cc2o1. The van der Waals surface area contributed by atoms with E-state index in [1.807, 2.05) is 18.2 Å². The van der Waals surface area contributed by atoms with Crippen LogP contribution < -0.4 is 5.73 Å². The van der Waals surface area contributed by atoms with Gasteiger partial charge in [0.25, 0.3) is 0 Å². The van der Waals surface area contributed by atoms with E-state index in [1.54, 1.807) is 11.3 Å². The van der Waals surface area contributed by atoms with Gasteiger partial charge in [-0.1, -0.05) is 0 Å². The molecule has 0 unspecified atom stereocenters. The molecule has 0 aliphatic carbocycles. The van der Waals surface area contributed by atoms with Crippen molar-refractivity contribution in [2.24, 2.45) is 0 Å². The van der Waals surface area contributed by atoms with Gasteiger partial charge >= 0.3 is 0 Å². The number of oxazole rings is 1. The van der Waals surface area contributed by atoms with Gasteiger partial charge in [-0.05, 0) is 52.1 Å². The Balaban J connectivity index is 1.72. The summed E-state index contributed by atoms with van der Waals surface area (Å²) in [6.45, 7) is 1.53. The maximum absolute atomic E-state index is 5.74. The monoisotopic (exact) mass is 351 g/mol. The molecule has 0 aliphatic heterocycles. The molecular weight excluding hydrogens is 338 g/mol. The Bertz CT molecular complexity index is 737. The van der Waals surface area contributed by atoms with Gasteiger partial charge in [0.05, 0.1) is 10.3 Å². The summed E-state index contributed by atoms with van der Waals surface area (Å²) in [6, 6.07) is 7.66. The molecule has 0 aliphatic rings. The van der Waals surface area contributed by atoms with Crippen LogP contribution >= 0.6 is 27.3 Å². The van der Waals surface area contributed by atoms with Crippen LogP contribution in [0.25, 0.3) is 11.1 Å². The highest BCUT2D eigenvalue weighted by atomic mass is 79.9. The second-order valence-corrected chi connectivity index (χ2v) is 7.06. The maximum Gasteiger partial charge on any atom is 0.209 e. The number of fused-ring (bicyclic) bond motifs is 1. The number of anilines is 1. The van der Waals surface area contributed by atoms with Crippen LogP contribution in [0.15, 0.2) is 37.8 Å². The second-order valence-electron chi connectivity index (χ2n) is 4.77. The zero-order valence-corrected chi connectivity index (χ0v) is 13.4. The van der Waals surface area contributed by atoms with E-state index in [4.69, 9.17) is 10.2 Å². The highest BCUT2D eigenvalue weighted by Crippen LogP contribution is 2.23. The molecule has 0 amide bonds. The maximum atomic E-state index is 5.74. The van der Waals surface area contributed by atoms with E-state index in [9.17, 15) is 0 Å². The van der Waals surface area contributed by atoms with E-state index in [0.717, 1.165) is 21.4 Å². The summed E-state index contributed by atoms with van der Waals surface area (Å²) >= 11 is 5.17. The minimum atomic E-state index is 0.669.